The zero-order chi connectivity index (χ0) is 11.5. The number of hydrogen-bond acceptors (Lipinski definition) is 2. The van der Waals surface area contributed by atoms with Crippen molar-refractivity contribution >= 4 is 15.9 Å². The molecule has 4 heteroatoms. The third-order valence-corrected chi connectivity index (χ3v) is 3.58. The summed E-state index contributed by atoms with van der Waals surface area (Å²) in [7, 11) is 1.51. The quantitative estimate of drug-likeness (QED) is 0.923. The van der Waals surface area contributed by atoms with E-state index in [0.29, 0.717) is 16.3 Å². The van der Waals surface area contributed by atoms with Crippen LogP contribution in [0.4, 0.5) is 4.39 Å². The lowest BCUT2D eigenvalue weighted by Gasteiger charge is -2.14. The molecule has 2 nitrogen and oxygen atoms in total. The zero-order valence-corrected chi connectivity index (χ0v) is 10.8. The molecule has 0 saturated carbocycles. The molecule has 1 aromatic carbocycles. The maximum atomic E-state index is 13.7. The molecule has 1 aliphatic heterocycles. The van der Waals surface area contributed by atoms with Crippen molar-refractivity contribution in [2.75, 3.05) is 13.7 Å². The van der Waals surface area contributed by atoms with Gasteiger partial charge in [0.1, 0.15) is 0 Å². The van der Waals surface area contributed by atoms with Crippen molar-refractivity contribution in [1.29, 1.82) is 0 Å². The highest BCUT2D eigenvalue weighted by atomic mass is 79.9. The summed E-state index contributed by atoms with van der Waals surface area (Å²) in [6.45, 7) is 1.06. The summed E-state index contributed by atoms with van der Waals surface area (Å²) < 4.78 is 19.3. The minimum atomic E-state index is -0.307. The summed E-state index contributed by atoms with van der Waals surface area (Å²) in [5.41, 5.74) is 0.933. The van der Waals surface area contributed by atoms with Gasteiger partial charge < -0.3 is 10.1 Å². The van der Waals surface area contributed by atoms with Gasteiger partial charge >= 0.3 is 0 Å². The molecule has 1 unspecified atom stereocenters. The van der Waals surface area contributed by atoms with Gasteiger partial charge in [-0.1, -0.05) is 6.07 Å². The van der Waals surface area contributed by atoms with Crippen LogP contribution < -0.4 is 10.1 Å². The molecule has 1 fully saturated rings. The molecule has 16 heavy (non-hydrogen) atoms. The number of rotatable bonds is 3. The van der Waals surface area contributed by atoms with E-state index in [-0.39, 0.29) is 5.82 Å². The Bertz CT molecular complexity index is 378. The van der Waals surface area contributed by atoms with Crippen LogP contribution in [0.15, 0.2) is 16.6 Å². The second-order valence-corrected chi connectivity index (χ2v) is 4.91. The molecule has 1 heterocycles. The Kier molecular flexibility index (Phi) is 3.82. The summed E-state index contributed by atoms with van der Waals surface area (Å²) in [6.07, 6.45) is 3.18. The summed E-state index contributed by atoms with van der Waals surface area (Å²) >= 11 is 3.16. The van der Waals surface area contributed by atoms with Gasteiger partial charge in [-0.25, -0.2) is 4.39 Å². The molecule has 0 spiro atoms. The van der Waals surface area contributed by atoms with Crippen molar-refractivity contribution in [1.82, 2.24) is 5.32 Å². The van der Waals surface area contributed by atoms with Crippen molar-refractivity contribution in [2.24, 2.45) is 0 Å². The SMILES string of the molecule is COc1c(CC2CCCN2)ccc(Br)c1F. The minimum Gasteiger partial charge on any atom is -0.493 e. The Morgan fingerprint density at radius 2 is 2.38 bits per heavy atom. The van der Waals surface area contributed by atoms with Gasteiger partial charge in [0, 0.05) is 6.04 Å². The average molecular weight is 288 g/mol. The standard InChI is InChI=1S/C12H15BrFNO/c1-16-12-8(4-5-10(13)11(12)14)7-9-3-2-6-15-9/h4-5,9,15H,2-3,6-7H2,1H3. The molecule has 0 aromatic heterocycles. The molecule has 88 valence electrons. The Labute approximate surface area is 103 Å². The molecular weight excluding hydrogens is 273 g/mol. The predicted molar refractivity (Wildman–Crippen MR) is 65.4 cm³/mol. The third-order valence-electron chi connectivity index (χ3n) is 2.96. The van der Waals surface area contributed by atoms with Gasteiger partial charge in [-0.3, -0.25) is 0 Å². The van der Waals surface area contributed by atoms with Crippen LogP contribution in [0.1, 0.15) is 18.4 Å². The van der Waals surface area contributed by atoms with E-state index in [2.05, 4.69) is 21.2 Å². The lowest BCUT2D eigenvalue weighted by molar-refractivity contribution is 0.378. The number of ether oxygens (including phenoxy) is 1. The highest BCUT2D eigenvalue weighted by Crippen LogP contribution is 2.30. The van der Waals surface area contributed by atoms with Gasteiger partial charge in [0.25, 0.3) is 0 Å². The number of hydrogen-bond donors (Lipinski definition) is 1. The second-order valence-electron chi connectivity index (χ2n) is 4.05. The molecular formula is C12H15BrFNO. The van der Waals surface area contributed by atoms with Crippen LogP contribution in [0, 0.1) is 5.82 Å². The van der Waals surface area contributed by atoms with E-state index in [9.17, 15) is 4.39 Å². The van der Waals surface area contributed by atoms with Crippen molar-refractivity contribution in [3.8, 4) is 5.75 Å². The Balaban J connectivity index is 2.22. The van der Waals surface area contributed by atoms with Gasteiger partial charge in [0.15, 0.2) is 11.6 Å². The zero-order valence-electron chi connectivity index (χ0n) is 9.22. The Morgan fingerprint density at radius 1 is 1.56 bits per heavy atom. The normalized spacial score (nSPS) is 20.1. The molecule has 1 aliphatic rings. The van der Waals surface area contributed by atoms with Gasteiger partial charge in [0.2, 0.25) is 0 Å². The van der Waals surface area contributed by atoms with E-state index < -0.39 is 0 Å². The Hall–Kier alpha value is -0.610. The fourth-order valence-electron chi connectivity index (χ4n) is 2.15. The second kappa shape index (κ2) is 5.15. The molecule has 1 aromatic rings. The lowest BCUT2D eigenvalue weighted by atomic mass is 10.0. The first-order valence-corrected chi connectivity index (χ1v) is 6.26. The number of benzene rings is 1. The van der Waals surface area contributed by atoms with Crippen molar-refractivity contribution in [2.45, 2.75) is 25.3 Å². The fourth-order valence-corrected chi connectivity index (χ4v) is 2.46. The number of nitrogens with one attached hydrogen (secondary N) is 1. The molecule has 0 aliphatic carbocycles. The monoisotopic (exact) mass is 287 g/mol. The van der Waals surface area contributed by atoms with Gasteiger partial charge in [-0.05, 0) is 53.4 Å². The fraction of sp³-hybridized carbons (Fsp3) is 0.500. The van der Waals surface area contributed by atoms with Gasteiger partial charge in [-0.15, -0.1) is 0 Å². The maximum Gasteiger partial charge on any atom is 0.179 e. The summed E-state index contributed by atoms with van der Waals surface area (Å²) in [5, 5.41) is 3.40. The molecule has 0 amide bonds. The first-order valence-electron chi connectivity index (χ1n) is 5.46. The topological polar surface area (TPSA) is 21.3 Å². The summed E-state index contributed by atoms with van der Waals surface area (Å²) in [6, 6.07) is 4.11. The van der Waals surface area contributed by atoms with Crippen molar-refractivity contribution in [3.05, 3.63) is 28.0 Å². The predicted octanol–water partition coefficient (Wildman–Crippen LogP) is 2.89. The van der Waals surface area contributed by atoms with Crippen LogP contribution in [-0.2, 0) is 6.42 Å². The highest BCUT2D eigenvalue weighted by Gasteiger charge is 2.19. The maximum absolute atomic E-state index is 13.7. The van der Waals surface area contributed by atoms with Crippen LogP contribution in [0.3, 0.4) is 0 Å². The largest absolute Gasteiger partial charge is 0.493 e. The van der Waals surface area contributed by atoms with E-state index in [1.54, 1.807) is 6.07 Å². The van der Waals surface area contributed by atoms with Crippen LogP contribution >= 0.6 is 15.9 Å². The smallest absolute Gasteiger partial charge is 0.179 e. The van der Waals surface area contributed by atoms with E-state index in [1.165, 1.54) is 13.5 Å². The number of halogens is 2. The van der Waals surface area contributed by atoms with Gasteiger partial charge in [0.05, 0.1) is 11.6 Å². The molecule has 0 bridgehead atoms. The summed E-state index contributed by atoms with van der Waals surface area (Å²) in [5.74, 6) is 0.0565. The van der Waals surface area contributed by atoms with E-state index in [4.69, 9.17) is 4.74 Å². The Morgan fingerprint density at radius 3 is 3.00 bits per heavy atom. The molecule has 1 N–H and O–H groups in total. The van der Waals surface area contributed by atoms with Crippen LogP contribution in [0.5, 0.6) is 5.75 Å². The molecule has 1 saturated heterocycles. The number of methoxy groups -OCH3 is 1. The molecule has 0 radical (unpaired) electrons. The van der Waals surface area contributed by atoms with E-state index in [0.717, 1.165) is 24.9 Å². The van der Waals surface area contributed by atoms with Crippen LogP contribution in [0.2, 0.25) is 0 Å². The average Bonchev–Trinajstić information content (AvgIpc) is 2.77. The van der Waals surface area contributed by atoms with Crippen LogP contribution in [-0.4, -0.2) is 19.7 Å². The molecule has 2 rings (SSSR count). The van der Waals surface area contributed by atoms with E-state index >= 15 is 0 Å². The lowest BCUT2D eigenvalue weighted by Crippen LogP contribution is -2.24. The van der Waals surface area contributed by atoms with E-state index in [1.807, 2.05) is 6.07 Å². The first kappa shape index (κ1) is 11.9. The summed E-state index contributed by atoms with van der Waals surface area (Å²) in [4.78, 5) is 0. The van der Waals surface area contributed by atoms with Crippen molar-refractivity contribution < 1.29 is 9.13 Å². The van der Waals surface area contributed by atoms with Gasteiger partial charge in [-0.2, -0.15) is 0 Å². The highest BCUT2D eigenvalue weighted by molar-refractivity contribution is 9.10. The molecule has 1 atom stereocenters. The third kappa shape index (κ3) is 2.38. The first-order chi connectivity index (χ1) is 7.72. The van der Waals surface area contributed by atoms with Crippen molar-refractivity contribution in [3.63, 3.8) is 0 Å². The van der Waals surface area contributed by atoms with Crippen LogP contribution in [0.25, 0.3) is 0 Å². The minimum absolute atomic E-state index is 0.307.